The second-order valence-electron chi connectivity index (χ2n) is 8.31. The summed E-state index contributed by atoms with van der Waals surface area (Å²) < 4.78 is 6.09. The van der Waals surface area contributed by atoms with Crippen LogP contribution in [0.2, 0.25) is 5.02 Å². The molecule has 8 nitrogen and oxygen atoms in total. The summed E-state index contributed by atoms with van der Waals surface area (Å²) >= 11 is 6.43. The van der Waals surface area contributed by atoms with Crippen LogP contribution < -0.4 is 15.0 Å². The van der Waals surface area contributed by atoms with Gasteiger partial charge in [-0.25, -0.2) is 9.97 Å². The van der Waals surface area contributed by atoms with Gasteiger partial charge in [-0.2, -0.15) is 0 Å². The summed E-state index contributed by atoms with van der Waals surface area (Å²) in [5, 5.41) is 12.8. The third kappa shape index (κ3) is 4.99. The van der Waals surface area contributed by atoms with Gasteiger partial charge in [0, 0.05) is 36.1 Å². The lowest BCUT2D eigenvalue weighted by atomic mass is 10.1. The van der Waals surface area contributed by atoms with E-state index in [1.807, 2.05) is 12.1 Å². The number of halogens is 1. The van der Waals surface area contributed by atoms with E-state index >= 15 is 0 Å². The van der Waals surface area contributed by atoms with Crippen molar-refractivity contribution in [2.45, 2.75) is 18.9 Å². The van der Waals surface area contributed by atoms with Gasteiger partial charge in [-0.1, -0.05) is 24.2 Å². The highest BCUT2D eigenvalue weighted by Crippen LogP contribution is 2.36. The number of anilines is 2. The van der Waals surface area contributed by atoms with Crippen molar-refractivity contribution < 1.29 is 14.6 Å². The molecule has 0 unspecified atom stereocenters. The number of carbonyl (C=O) groups is 1. The van der Waals surface area contributed by atoms with E-state index in [1.165, 1.54) is 12.3 Å². The van der Waals surface area contributed by atoms with Crippen LogP contribution in [0.15, 0.2) is 67.4 Å². The summed E-state index contributed by atoms with van der Waals surface area (Å²) in [5.74, 6) is 1.22. The maximum Gasteiger partial charge on any atom is 0.247 e. The van der Waals surface area contributed by atoms with Crippen molar-refractivity contribution in [3.05, 3.63) is 72.4 Å². The molecule has 2 aromatic carbocycles. The van der Waals surface area contributed by atoms with Crippen LogP contribution in [-0.2, 0) is 4.79 Å². The molecule has 0 atom stereocenters. The predicted molar refractivity (Wildman–Crippen MR) is 137 cm³/mol. The number of hydrogen-bond acceptors (Lipinski definition) is 6. The van der Waals surface area contributed by atoms with E-state index in [2.05, 4.69) is 43.9 Å². The first-order valence-corrected chi connectivity index (χ1v) is 11.7. The molecule has 9 heteroatoms. The lowest BCUT2D eigenvalue weighted by molar-refractivity contribution is -0.111. The van der Waals surface area contributed by atoms with E-state index in [4.69, 9.17) is 16.3 Å². The molecule has 1 fully saturated rings. The molecule has 1 aliphatic rings. The Balaban J connectivity index is 1.41. The number of aromatic amines is 1. The van der Waals surface area contributed by atoms with Crippen LogP contribution in [0.1, 0.15) is 12.8 Å². The Hall–Kier alpha value is -3.88. The number of nitrogens with zero attached hydrogens (tertiary/aromatic N) is 3. The number of pyridine rings is 1. The summed E-state index contributed by atoms with van der Waals surface area (Å²) in [4.78, 5) is 26.1. The highest BCUT2D eigenvalue weighted by atomic mass is 35.5. The fourth-order valence-electron chi connectivity index (χ4n) is 4.05. The van der Waals surface area contributed by atoms with Crippen molar-refractivity contribution in [3.63, 3.8) is 0 Å². The molecule has 0 bridgehead atoms. The van der Waals surface area contributed by atoms with Crippen molar-refractivity contribution in [1.82, 2.24) is 15.0 Å². The van der Waals surface area contributed by atoms with Crippen LogP contribution in [0, 0.1) is 0 Å². The molecule has 4 aromatic rings. The Labute approximate surface area is 207 Å². The van der Waals surface area contributed by atoms with E-state index < -0.39 is 0 Å². The summed E-state index contributed by atoms with van der Waals surface area (Å²) in [7, 11) is 0. The van der Waals surface area contributed by atoms with E-state index in [1.54, 1.807) is 24.3 Å². The zero-order chi connectivity index (χ0) is 24.4. The number of ether oxygens (including phenoxy) is 1. The molecule has 0 saturated carbocycles. The van der Waals surface area contributed by atoms with Crippen molar-refractivity contribution in [1.29, 1.82) is 0 Å². The standard InChI is InChI=1S/C26H24ClN5O3/c1-2-22(34)29-17-4-3-5-20(14-17)35-24-21(27)15-28-26-23(24)30-25(31-26)16-6-8-18(9-7-16)32-12-10-19(33)11-13-32/h2-9,14-15,19,33H,1,10-13H2,(H,29,34)(H,28,30,31). The van der Waals surface area contributed by atoms with Gasteiger partial charge in [-0.05, 0) is 55.3 Å². The molecular formula is C26H24ClN5O3. The molecule has 5 rings (SSSR count). The Morgan fingerprint density at radius 1 is 1.23 bits per heavy atom. The molecule has 3 heterocycles. The van der Waals surface area contributed by atoms with Crippen LogP contribution in [0.5, 0.6) is 11.5 Å². The Morgan fingerprint density at radius 2 is 2.00 bits per heavy atom. The molecule has 0 aliphatic carbocycles. The van der Waals surface area contributed by atoms with Crippen LogP contribution in [0.3, 0.4) is 0 Å². The number of benzene rings is 2. The molecule has 0 radical (unpaired) electrons. The molecule has 1 amide bonds. The molecule has 3 N–H and O–H groups in total. The fourth-order valence-corrected chi connectivity index (χ4v) is 4.23. The number of amides is 1. The fraction of sp³-hybridized carbons (Fsp3) is 0.192. The third-order valence-corrected chi connectivity index (χ3v) is 6.18. The first kappa shape index (κ1) is 22.9. The van der Waals surface area contributed by atoms with E-state index in [0.29, 0.717) is 39.2 Å². The average molecular weight is 490 g/mol. The van der Waals surface area contributed by atoms with Crippen LogP contribution in [0.25, 0.3) is 22.6 Å². The monoisotopic (exact) mass is 489 g/mol. The zero-order valence-corrected chi connectivity index (χ0v) is 19.6. The van der Waals surface area contributed by atoms with Gasteiger partial charge >= 0.3 is 0 Å². The highest BCUT2D eigenvalue weighted by molar-refractivity contribution is 6.32. The highest BCUT2D eigenvalue weighted by Gasteiger charge is 2.18. The van der Waals surface area contributed by atoms with Crippen LogP contribution >= 0.6 is 11.6 Å². The number of nitrogens with one attached hydrogen (secondary N) is 2. The summed E-state index contributed by atoms with van der Waals surface area (Å²) in [6, 6.07) is 15.1. The molecular weight excluding hydrogens is 466 g/mol. The van der Waals surface area contributed by atoms with Gasteiger partial charge in [-0.15, -0.1) is 0 Å². The molecule has 0 spiro atoms. The maximum atomic E-state index is 11.6. The molecule has 2 aromatic heterocycles. The van der Waals surface area contributed by atoms with Crippen LogP contribution in [-0.4, -0.2) is 45.2 Å². The number of rotatable bonds is 6. The zero-order valence-electron chi connectivity index (χ0n) is 18.9. The topological polar surface area (TPSA) is 103 Å². The third-order valence-electron chi connectivity index (χ3n) is 5.91. The van der Waals surface area contributed by atoms with Gasteiger partial charge in [0.1, 0.15) is 22.1 Å². The lowest BCUT2D eigenvalue weighted by Crippen LogP contribution is -2.35. The SMILES string of the molecule is C=CC(=O)Nc1cccc(Oc2c(Cl)cnc3nc(-c4ccc(N5CCC(O)CC5)cc4)[nH]c23)c1. The van der Waals surface area contributed by atoms with Gasteiger partial charge in [0.25, 0.3) is 0 Å². The summed E-state index contributed by atoms with van der Waals surface area (Å²) in [6.45, 7) is 5.14. The minimum atomic E-state index is -0.311. The second kappa shape index (κ2) is 9.77. The Morgan fingerprint density at radius 3 is 2.74 bits per heavy atom. The van der Waals surface area contributed by atoms with Crippen molar-refractivity contribution in [2.75, 3.05) is 23.3 Å². The van der Waals surface area contributed by atoms with E-state index in [0.717, 1.165) is 37.2 Å². The molecule has 1 aliphatic heterocycles. The van der Waals surface area contributed by atoms with Gasteiger partial charge in [0.2, 0.25) is 5.91 Å². The largest absolute Gasteiger partial charge is 0.453 e. The normalized spacial score (nSPS) is 14.2. The van der Waals surface area contributed by atoms with E-state index in [9.17, 15) is 9.90 Å². The van der Waals surface area contributed by atoms with E-state index in [-0.39, 0.29) is 12.0 Å². The first-order valence-electron chi connectivity index (χ1n) is 11.3. The maximum absolute atomic E-state index is 11.6. The quantitative estimate of drug-likeness (QED) is 0.323. The minimum absolute atomic E-state index is 0.204. The molecule has 35 heavy (non-hydrogen) atoms. The summed E-state index contributed by atoms with van der Waals surface area (Å²) in [5.41, 5.74) is 3.64. The molecule has 1 saturated heterocycles. The predicted octanol–water partition coefficient (Wildman–Crippen LogP) is 5.16. The Kier molecular flexibility index (Phi) is 6.39. The number of aliphatic hydroxyl groups is 1. The van der Waals surface area contributed by atoms with Gasteiger partial charge in [0.05, 0.1) is 12.3 Å². The first-order chi connectivity index (χ1) is 17.0. The average Bonchev–Trinajstić information content (AvgIpc) is 3.31. The number of imidazole rings is 1. The number of aromatic nitrogens is 3. The number of piperidine rings is 1. The van der Waals surface area contributed by atoms with Gasteiger partial charge < -0.3 is 25.0 Å². The number of carbonyl (C=O) groups excluding carboxylic acids is 1. The second-order valence-corrected chi connectivity index (χ2v) is 8.71. The summed E-state index contributed by atoms with van der Waals surface area (Å²) in [6.07, 6.45) is 4.06. The minimum Gasteiger partial charge on any atom is -0.453 e. The van der Waals surface area contributed by atoms with Crippen LogP contribution in [0.4, 0.5) is 11.4 Å². The lowest BCUT2D eigenvalue weighted by Gasteiger charge is -2.31. The van der Waals surface area contributed by atoms with Crippen molar-refractivity contribution in [2.24, 2.45) is 0 Å². The number of hydrogen-bond donors (Lipinski definition) is 3. The Bertz CT molecular complexity index is 1380. The number of fused-ring (bicyclic) bond motifs is 1. The number of H-pyrrole nitrogens is 1. The van der Waals surface area contributed by atoms with Gasteiger partial charge in [0.15, 0.2) is 11.4 Å². The smallest absolute Gasteiger partial charge is 0.247 e. The molecule has 178 valence electrons. The van der Waals surface area contributed by atoms with Crippen molar-refractivity contribution in [3.8, 4) is 22.9 Å². The number of aliphatic hydroxyl groups excluding tert-OH is 1. The van der Waals surface area contributed by atoms with Crippen molar-refractivity contribution >= 4 is 40.0 Å². The van der Waals surface area contributed by atoms with Gasteiger partial charge in [-0.3, -0.25) is 4.79 Å².